The van der Waals surface area contributed by atoms with Gasteiger partial charge in [-0.05, 0) is 42.9 Å². The third-order valence-electron chi connectivity index (χ3n) is 5.49. The molecule has 1 aliphatic heterocycles. The number of rotatable bonds is 6. The van der Waals surface area contributed by atoms with Crippen LogP contribution in [0.3, 0.4) is 0 Å². The second-order valence-corrected chi connectivity index (χ2v) is 11.4. The summed E-state index contributed by atoms with van der Waals surface area (Å²) >= 11 is 0. The average Bonchev–Trinajstić information content (AvgIpc) is 2.99. The largest absolute Gasteiger partial charge is 0.243 e. The minimum Gasteiger partial charge on any atom is -0.229 e. The molecular formula is C19H27NO4S2. The van der Waals surface area contributed by atoms with Gasteiger partial charge in [-0.3, -0.25) is 0 Å². The zero-order valence-corrected chi connectivity index (χ0v) is 16.6. The van der Waals surface area contributed by atoms with Crippen LogP contribution in [0.4, 0.5) is 0 Å². The zero-order valence-electron chi connectivity index (χ0n) is 15.0. The third kappa shape index (κ3) is 4.21. The molecule has 1 saturated carbocycles. The lowest BCUT2D eigenvalue weighted by molar-refractivity contribution is 0.367. The fraction of sp³-hybridized carbons (Fsp3) is 0.579. The molecular weight excluding hydrogens is 370 g/mol. The average molecular weight is 398 g/mol. The molecule has 0 radical (unpaired) electrons. The first-order chi connectivity index (χ1) is 12.3. The minimum absolute atomic E-state index is 0.0431. The third-order valence-corrected chi connectivity index (χ3v) is 9.17. The molecule has 26 heavy (non-hydrogen) atoms. The van der Waals surface area contributed by atoms with Crippen LogP contribution in [0.15, 0.2) is 41.8 Å². The Bertz CT molecular complexity index is 838. The maximum Gasteiger partial charge on any atom is 0.243 e. The Hall–Kier alpha value is -1.18. The van der Waals surface area contributed by atoms with Crippen molar-refractivity contribution in [1.82, 2.24) is 4.31 Å². The van der Waals surface area contributed by atoms with Gasteiger partial charge < -0.3 is 0 Å². The van der Waals surface area contributed by atoms with Crippen molar-refractivity contribution >= 4 is 19.9 Å². The normalized spacial score (nSPS) is 24.0. The molecule has 3 rings (SSSR count). The Balaban J connectivity index is 1.83. The molecule has 1 heterocycles. The SMILES string of the molecule is C=CCN([C@H]1CCS(=O)(=O)C1)S(=O)(=O)c1ccc(C2CCCCC2)cc1. The van der Waals surface area contributed by atoms with Crippen LogP contribution >= 0.6 is 0 Å². The number of nitrogens with zero attached hydrogens (tertiary/aromatic N) is 1. The van der Waals surface area contributed by atoms with Crippen LogP contribution in [-0.2, 0) is 19.9 Å². The standard InChI is InChI=1S/C19H27NO4S2/c1-2-13-20(18-12-14-25(21,22)15-18)26(23,24)19-10-8-17(9-11-19)16-6-4-3-5-7-16/h2,8-11,16,18H,1,3-7,12-15H2/t18-/m0/s1. The summed E-state index contributed by atoms with van der Waals surface area (Å²) in [6, 6.07) is 6.65. The lowest BCUT2D eigenvalue weighted by atomic mass is 9.84. The number of sulfonamides is 1. The van der Waals surface area contributed by atoms with Crippen LogP contribution in [0.25, 0.3) is 0 Å². The summed E-state index contributed by atoms with van der Waals surface area (Å²) in [5.74, 6) is 0.451. The smallest absolute Gasteiger partial charge is 0.229 e. The van der Waals surface area contributed by atoms with E-state index in [9.17, 15) is 16.8 Å². The van der Waals surface area contributed by atoms with Crippen molar-refractivity contribution in [1.29, 1.82) is 0 Å². The van der Waals surface area contributed by atoms with E-state index in [1.807, 2.05) is 12.1 Å². The van der Waals surface area contributed by atoms with Crippen LogP contribution in [-0.4, -0.2) is 45.2 Å². The van der Waals surface area contributed by atoms with E-state index in [0.717, 1.165) is 12.8 Å². The molecule has 7 heteroatoms. The summed E-state index contributed by atoms with van der Waals surface area (Å²) in [7, 11) is -6.91. The molecule has 0 bridgehead atoms. The van der Waals surface area contributed by atoms with Crippen molar-refractivity contribution < 1.29 is 16.8 Å². The van der Waals surface area contributed by atoms with Crippen LogP contribution in [0.2, 0.25) is 0 Å². The van der Waals surface area contributed by atoms with Crippen LogP contribution in [0, 0.1) is 0 Å². The predicted molar refractivity (Wildman–Crippen MR) is 103 cm³/mol. The summed E-state index contributed by atoms with van der Waals surface area (Å²) < 4.78 is 51.0. The summed E-state index contributed by atoms with van der Waals surface area (Å²) in [6.07, 6.45) is 7.92. The first-order valence-corrected chi connectivity index (χ1v) is 12.5. The van der Waals surface area contributed by atoms with Gasteiger partial charge in [-0.2, -0.15) is 4.31 Å². The van der Waals surface area contributed by atoms with Crippen LogP contribution in [0.1, 0.15) is 50.0 Å². The van der Waals surface area contributed by atoms with E-state index >= 15 is 0 Å². The number of hydrogen-bond acceptors (Lipinski definition) is 4. The van der Waals surface area contributed by atoms with Crippen molar-refractivity contribution in [3.63, 3.8) is 0 Å². The van der Waals surface area contributed by atoms with Gasteiger partial charge in [0.25, 0.3) is 0 Å². The van der Waals surface area contributed by atoms with E-state index in [1.54, 1.807) is 12.1 Å². The van der Waals surface area contributed by atoms with Gasteiger partial charge >= 0.3 is 0 Å². The molecule has 5 nitrogen and oxygen atoms in total. The molecule has 0 amide bonds. The van der Waals surface area contributed by atoms with E-state index < -0.39 is 25.9 Å². The second kappa shape index (κ2) is 7.82. The Morgan fingerprint density at radius 1 is 1.08 bits per heavy atom. The van der Waals surface area contributed by atoms with Crippen LogP contribution in [0.5, 0.6) is 0 Å². The van der Waals surface area contributed by atoms with Crippen molar-refractivity contribution in [2.24, 2.45) is 0 Å². The summed E-state index contributed by atoms with van der Waals surface area (Å²) in [4.78, 5) is 0.225. The fourth-order valence-electron chi connectivity index (χ4n) is 4.06. The Kier molecular flexibility index (Phi) is 5.89. The fourth-order valence-corrected chi connectivity index (χ4v) is 7.51. The van der Waals surface area contributed by atoms with Crippen molar-refractivity contribution in [3.05, 3.63) is 42.5 Å². The lowest BCUT2D eigenvalue weighted by Crippen LogP contribution is -2.41. The topological polar surface area (TPSA) is 71.5 Å². The molecule has 144 valence electrons. The molecule has 1 aliphatic carbocycles. The summed E-state index contributed by atoms with van der Waals surface area (Å²) in [6.45, 7) is 3.75. The number of benzene rings is 1. The predicted octanol–water partition coefficient (Wildman–Crippen LogP) is 3.10. The van der Waals surface area contributed by atoms with Gasteiger partial charge in [0.1, 0.15) is 0 Å². The Morgan fingerprint density at radius 2 is 1.73 bits per heavy atom. The number of sulfone groups is 1. The van der Waals surface area contributed by atoms with Gasteiger partial charge in [0.2, 0.25) is 10.0 Å². The van der Waals surface area contributed by atoms with Gasteiger partial charge in [0.15, 0.2) is 9.84 Å². The molecule has 2 aliphatic rings. The van der Waals surface area contributed by atoms with Gasteiger partial charge in [-0.1, -0.05) is 37.5 Å². The molecule has 1 saturated heterocycles. The van der Waals surface area contributed by atoms with E-state index in [-0.39, 0.29) is 22.9 Å². The van der Waals surface area contributed by atoms with Crippen molar-refractivity contribution in [2.45, 2.75) is 55.4 Å². The van der Waals surface area contributed by atoms with Gasteiger partial charge in [0, 0.05) is 12.6 Å². The van der Waals surface area contributed by atoms with Crippen molar-refractivity contribution in [3.8, 4) is 0 Å². The molecule has 0 spiro atoms. The maximum absolute atomic E-state index is 13.1. The first-order valence-electron chi connectivity index (χ1n) is 9.26. The molecule has 1 aromatic carbocycles. The number of hydrogen-bond donors (Lipinski definition) is 0. The molecule has 0 N–H and O–H groups in total. The lowest BCUT2D eigenvalue weighted by Gasteiger charge is -2.26. The molecule has 1 atom stereocenters. The van der Waals surface area contributed by atoms with Crippen LogP contribution < -0.4 is 0 Å². The second-order valence-electron chi connectivity index (χ2n) is 7.32. The first kappa shape index (κ1) is 19.6. The highest BCUT2D eigenvalue weighted by molar-refractivity contribution is 7.92. The van der Waals surface area contributed by atoms with E-state index in [2.05, 4.69) is 6.58 Å². The molecule has 1 aromatic rings. The molecule has 2 fully saturated rings. The van der Waals surface area contributed by atoms with Gasteiger partial charge in [0.05, 0.1) is 16.4 Å². The molecule has 0 aromatic heterocycles. The van der Waals surface area contributed by atoms with E-state index in [0.29, 0.717) is 12.3 Å². The highest BCUT2D eigenvalue weighted by Gasteiger charge is 2.38. The maximum atomic E-state index is 13.1. The quantitative estimate of drug-likeness (QED) is 0.692. The zero-order chi connectivity index (χ0) is 18.8. The minimum atomic E-state index is -3.75. The van der Waals surface area contributed by atoms with E-state index in [1.165, 1.54) is 35.2 Å². The summed E-state index contributed by atoms with van der Waals surface area (Å²) in [5.41, 5.74) is 1.20. The monoisotopic (exact) mass is 397 g/mol. The van der Waals surface area contributed by atoms with Gasteiger partial charge in [-0.25, -0.2) is 16.8 Å². The molecule has 0 unspecified atom stereocenters. The highest BCUT2D eigenvalue weighted by Crippen LogP contribution is 2.33. The van der Waals surface area contributed by atoms with Crippen molar-refractivity contribution in [2.75, 3.05) is 18.1 Å². The highest BCUT2D eigenvalue weighted by atomic mass is 32.2. The van der Waals surface area contributed by atoms with E-state index in [4.69, 9.17) is 0 Å². The Labute approximate surface area is 157 Å². The van der Waals surface area contributed by atoms with Gasteiger partial charge in [-0.15, -0.1) is 6.58 Å². The Morgan fingerprint density at radius 3 is 2.27 bits per heavy atom. The summed E-state index contributed by atoms with van der Waals surface area (Å²) in [5, 5.41) is 0.